The van der Waals surface area contributed by atoms with Crippen LogP contribution in [0.3, 0.4) is 0 Å². The lowest BCUT2D eigenvalue weighted by Gasteiger charge is -2.38. The molecule has 8 heteroatoms. The smallest absolute Gasteiger partial charge is 0.322 e. The molecule has 0 bridgehead atoms. The normalized spacial score (nSPS) is 21.3. The van der Waals surface area contributed by atoms with Gasteiger partial charge in [-0.05, 0) is 51.3 Å². The number of rotatable bonds is 3. The molecule has 1 saturated heterocycles. The van der Waals surface area contributed by atoms with Gasteiger partial charge in [0.05, 0.1) is 24.4 Å². The van der Waals surface area contributed by atoms with Gasteiger partial charge < -0.3 is 19.9 Å². The van der Waals surface area contributed by atoms with E-state index < -0.39 is 0 Å². The van der Waals surface area contributed by atoms with E-state index in [1.165, 1.54) is 4.90 Å². The number of nitrogens with one attached hydrogen (secondary N) is 1. The number of carbonyl (C=O) groups is 1. The van der Waals surface area contributed by atoms with Crippen molar-refractivity contribution in [3.8, 4) is 0 Å². The second kappa shape index (κ2) is 8.81. The molecule has 7 nitrogen and oxygen atoms in total. The van der Waals surface area contributed by atoms with Crippen molar-refractivity contribution in [1.29, 1.82) is 0 Å². The number of ether oxygens (including phenoxy) is 1. The van der Waals surface area contributed by atoms with Gasteiger partial charge in [-0.15, -0.1) is 11.8 Å². The number of anilines is 2. The maximum absolute atomic E-state index is 12.9. The number of nitrogens with zero attached hydrogens (tertiary/aromatic N) is 4. The first-order valence-electron chi connectivity index (χ1n) is 10.4. The second-order valence-corrected chi connectivity index (χ2v) is 8.89. The molecule has 30 heavy (non-hydrogen) atoms. The van der Waals surface area contributed by atoms with E-state index in [9.17, 15) is 4.79 Å². The monoisotopic (exact) mass is 427 g/mol. The first kappa shape index (κ1) is 20.9. The fourth-order valence-electron chi connectivity index (χ4n) is 4.18. The number of fused-ring (bicyclic) bond motifs is 1. The number of hydrogen-bond donors (Lipinski definition) is 1. The van der Waals surface area contributed by atoms with Crippen LogP contribution in [0.1, 0.15) is 30.9 Å². The molecule has 1 aromatic heterocycles. The van der Waals surface area contributed by atoms with Crippen molar-refractivity contribution < 1.29 is 9.53 Å². The molecule has 1 fully saturated rings. The van der Waals surface area contributed by atoms with Gasteiger partial charge in [0, 0.05) is 42.2 Å². The minimum Gasteiger partial charge on any atom is -0.372 e. The third-order valence-electron chi connectivity index (χ3n) is 5.50. The molecular formula is C22H29N5O2S. The zero-order valence-corrected chi connectivity index (χ0v) is 18.8. The molecule has 0 saturated carbocycles. The molecule has 0 unspecified atom stereocenters. The van der Waals surface area contributed by atoms with Crippen molar-refractivity contribution >= 4 is 29.3 Å². The molecule has 2 aliphatic heterocycles. The Morgan fingerprint density at radius 1 is 1.17 bits per heavy atom. The predicted octanol–water partition coefficient (Wildman–Crippen LogP) is 3.71. The largest absolute Gasteiger partial charge is 0.372 e. The SMILES string of the molecule is CSc1ccc(NC(=O)N2CCc3nc(C)nc(N4C[C@@H](C)O[C@@H](C)C4)c3C2)cc1. The summed E-state index contributed by atoms with van der Waals surface area (Å²) < 4.78 is 5.89. The molecule has 1 aromatic carbocycles. The van der Waals surface area contributed by atoms with E-state index in [2.05, 4.69) is 29.0 Å². The Balaban J connectivity index is 1.54. The van der Waals surface area contributed by atoms with E-state index >= 15 is 0 Å². The van der Waals surface area contributed by atoms with Gasteiger partial charge in [0.25, 0.3) is 0 Å². The third kappa shape index (κ3) is 4.54. The summed E-state index contributed by atoms with van der Waals surface area (Å²) in [5.74, 6) is 1.73. The van der Waals surface area contributed by atoms with Crippen LogP contribution in [0.5, 0.6) is 0 Å². The summed E-state index contributed by atoms with van der Waals surface area (Å²) in [5.41, 5.74) is 2.92. The van der Waals surface area contributed by atoms with Crippen molar-refractivity contribution in [2.75, 3.05) is 36.1 Å². The second-order valence-electron chi connectivity index (χ2n) is 8.01. The average molecular weight is 428 g/mol. The number of aromatic nitrogens is 2. The molecule has 1 N–H and O–H groups in total. The van der Waals surface area contributed by atoms with Crippen LogP contribution in [0, 0.1) is 6.92 Å². The molecule has 0 aliphatic carbocycles. The summed E-state index contributed by atoms with van der Waals surface area (Å²) in [6, 6.07) is 7.82. The standard InChI is InChI=1S/C22H29N5O2S/c1-14-11-27(12-15(2)29-14)21-19-13-26(10-9-20(19)23-16(3)24-21)22(28)25-17-5-7-18(30-4)8-6-17/h5-8,14-15H,9-13H2,1-4H3,(H,25,28)/t14-,15+. The van der Waals surface area contributed by atoms with Crippen LogP contribution in [0.4, 0.5) is 16.3 Å². The van der Waals surface area contributed by atoms with Gasteiger partial charge in [0.2, 0.25) is 0 Å². The molecule has 0 radical (unpaired) electrons. The van der Waals surface area contributed by atoms with Gasteiger partial charge >= 0.3 is 6.03 Å². The van der Waals surface area contributed by atoms with Crippen molar-refractivity contribution in [2.24, 2.45) is 0 Å². The molecule has 160 valence electrons. The highest BCUT2D eigenvalue weighted by Crippen LogP contribution is 2.29. The molecule has 2 aromatic rings. The van der Waals surface area contributed by atoms with E-state index in [0.29, 0.717) is 13.1 Å². The van der Waals surface area contributed by atoms with E-state index in [1.54, 1.807) is 11.8 Å². The van der Waals surface area contributed by atoms with Crippen LogP contribution >= 0.6 is 11.8 Å². The molecule has 0 spiro atoms. The number of carbonyl (C=O) groups excluding carboxylic acids is 1. The minimum atomic E-state index is -0.0900. The lowest BCUT2D eigenvalue weighted by Crippen LogP contribution is -2.47. The van der Waals surface area contributed by atoms with E-state index in [1.807, 2.05) is 42.3 Å². The first-order valence-corrected chi connectivity index (χ1v) is 11.6. The zero-order valence-electron chi connectivity index (χ0n) is 18.0. The average Bonchev–Trinajstić information content (AvgIpc) is 2.72. The summed E-state index contributed by atoms with van der Waals surface area (Å²) in [6.07, 6.45) is 3.06. The highest BCUT2D eigenvalue weighted by Gasteiger charge is 2.30. The highest BCUT2D eigenvalue weighted by molar-refractivity contribution is 7.98. The Hall–Kier alpha value is -2.32. The van der Waals surface area contributed by atoms with Crippen LogP contribution in [-0.2, 0) is 17.7 Å². The third-order valence-corrected chi connectivity index (χ3v) is 6.24. The van der Waals surface area contributed by atoms with Crippen LogP contribution in [0.25, 0.3) is 0 Å². The van der Waals surface area contributed by atoms with Gasteiger partial charge in [-0.2, -0.15) is 0 Å². The molecular weight excluding hydrogens is 398 g/mol. The van der Waals surface area contributed by atoms with Crippen molar-refractivity contribution in [3.05, 3.63) is 41.3 Å². The molecule has 2 amide bonds. The minimum absolute atomic E-state index is 0.0900. The maximum Gasteiger partial charge on any atom is 0.322 e. The number of aryl methyl sites for hydroxylation is 1. The summed E-state index contributed by atoms with van der Waals surface area (Å²) in [5, 5.41) is 3.02. The number of amides is 2. The number of morpholine rings is 1. The summed E-state index contributed by atoms with van der Waals surface area (Å²) in [7, 11) is 0. The predicted molar refractivity (Wildman–Crippen MR) is 120 cm³/mol. The first-order chi connectivity index (χ1) is 14.4. The Bertz CT molecular complexity index is 910. The lowest BCUT2D eigenvalue weighted by atomic mass is 10.0. The quantitative estimate of drug-likeness (QED) is 0.753. The van der Waals surface area contributed by atoms with Gasteiger partial charge in [-0.3, -0.25) is 0 Å². The number of thioether (sulfide) groups is 1. The van der Waals surface area contributed by atoms with Crippen LogP contribution in [0.2, 0.25) is 0 Å². The molecule has 2 atom stereocenters. The lowest BCUT2D eigenvalue weighted by molar-refractivity contribution is -0.00557. The van der Waals surface area contributed by atoms with Gasteiger partial charge in [-0.25, -0.2) is 14.8 Å². The molecule has 3 heterocycles. The van der Waals surface area contributed by atoms with Gasteiger partial charge in [0.15, 0.2) is 0 Å². The zero-order chi connectivity index (χ0) is 21.3. The fourth-order valence-corrected chi connectivity index (χ4v) is 4.59. The Morgan fingerprint density at radius 2 is 1.87 bits per heavy atom. The van der Waals surface area contributed by atoms with Crippen LogP contribution in [0.15, 0.2) is 29.2 Å². The number of urea groups is 1. The summed E-state index contributed by atoms with van der Waals surface area (Å²) in [4.78, 5) is 27.7. The van der Waals surface area contributed by atoms with E-state index in [4.69, 9.17) is 9.72 Å². The van der Waals surface area contributed by atoms with Crippen LogP contribution < -0.4 is 10.2 Å². The number of benzene rings is 1. The van der Waals surface area contributed by atoms with E-state index in [-0.39, 0.29) is 18.2 Å². The topological polar surface area (TPSA) is 70.6 Å². The summed E-state index contributed by atoms with van der Waals surface area (Å²) >= 11 is 1.68. The molecule has 2 aliphatic rings. The van der Waals surface area contributed by atoms with Crippen LogP contribution in [-0.4, -0.2) is 59.0 Å². The Labute approximate surface area is 182 Å². The molecule has 4 rings (SSSR count). The Kier molecular flexibility index (Phi) is 6.15. The maximum atomic E-state index is 12.9. The van der Waals surface area contributed by atoms with Crippen molar-refractivity contribution in [3.63, 3.8) is 0 Å². The van der Waals surface area contributed by atoms with Gasteiger partial charge in [0.1, 0.15) is 11.6 Å². The van der Waals surface area contributed by atoms with Crippen molar-refractivity contribution in [2.45, 2.75) is 50.8 Å². The number of hydrogen-bond acceptors (Lipinski definition) is 6. The highest BCUT2D eigenvalue weighted by atomic mass is 32.2. The van der Waals surface area contributed by atoms with Crippen molar-refractivity contribution in [1.82, 2.24) is 14.9 Å². The van der Waals surface area contributed by atoms with Gasteiger partial charge in [-0.1, -0.05) is 0 Å². The van der Waals surface area contributed by atoms with E-state index in [0.717, 1.165) is 48.1 Å². The fraction of sp³-hybridized carbons (Fsp3) is 0.500. The Morgan fingerprint density at radius 3 is 2.53 bits per heavy atom. The summed E-state index contributed by atoms with van der Waals surface area (Å²) in [6.45, 7) is 8.86.